The lowest BCUT2D eigenvalue weighted by Crippen LogP contribution is -2.22. The van der Waals surface area contributed by atoms with Gasteiger partial charge in [-0.1, -0.05) is 31.1 Å². The summed E-state index contributed by atoms with van der Waals surface area (Å²) >= 11 is 0. The number of ether oxygens (including phenoxy) is 1. The van der Waals surface area contributed by atoms with Gasteiger partial charge in [-0.2, -0.15) is 0 Å². The van der Waals surface area contributed by atoms with Crippen molar-refractivity contribution in [2.45, 2.75) is 52.1 Å². The molecule has 1 aliphatic heterocycles. The first-order valence-corrected chi connectivity index (χ1v) is 8.59. The minimum atomic E-state index is 0.373. The van der Waals surface area contributed by atoms with E-state index in [9.17, 15) is 0 Å². The minimum Gasteiger partial charge on any atom is -0.494 e. The molecule has 0 amide bonds. The zero-order valence-corrected chi connectivity index (χ0v) is 14.3. The number of nitrogens with zero attached hydrogens (tertiary/aromatic N) is 2. The molecular formula is C19H26N2O2. The summed E-state index contributed by atoms with van der Waals surface area (Å²) in [5, 5.41) is 4.31. The van der Waals surface area contributed by atoms with Crippen molar-refractivity contribution in [1.82, 2.24) is 10.1 Å². The third-order valence-electron chi connectivity index (χ3n) is 4.44. The van der Waals surface area contributed by atoms with Gasteiger partial charge in [0.15, 0.2) is 0 Å². The molecule has 0 bridgehead atoms. The molecule has 1 aromatic heterocycles. The van der Waals surface area contributed by atoms with Gasteiger partial charge in [-0.3, -0.25) is 4.90 Å². The molecule has 0 aliphatic carbocycles. The van der Waals surface area contributed by atoms with Crippen LogP contribution in [0.15, 0.2) is 34.9 Å². The van der Waals surface area contributed by atoms with Gasteiger partial charge in [-0.15, -0.1) is 0 Å². The molecule has 2 heterocycles. The summed E-state index contributed by atoms with van der Waals surface area (Å²) in [4.78, 5) is 2.50. The van der Waals surface area contributed by atoms with Crippen LogP contribution < -0.4 is 4.74 Å². The second-order valence-corrected chi connectivity index (χ2v) is 6.51. The Morgan fingerprint density at radius 2 is 2.09 bits per heavy atom. The molecule has 23 heavy (non-hydrogen) atoms. The van der Waals surface area contributed by atoms with E-state index in [4.69, 9.17) is 9.26 Å². The summed E-state index contributed by atoms with van der Waals surface area (Å²) in [5.74, 6) is 2.30. The van der Waals surface area contributed by atoms with Crippen molar-refractivity contribution in [3.8, 4) is 5.75 Å². The molecule has 1 aromatic carbocycles. The van der Waals surface area contributed by atoms with Crippen molar-refractivity contribution in [3.63, 3.8) is 0 Å². The van der Waals surface area contributed by atoms with Crippen LogP contribution in [0.25, 0.3) is 0 Å². The predicted octanol–water partition coefficient (Wildman–Crippen LogP) is 4.53. The van der Waals surface area contributed by atoms with E-state index in [0.29, 0.717) is 18.6 Å². The number of hydrogen-bond donors (Lipinski definition) is 0. The average Bonchev–Trinajstić information content (AvgIpc) is 3.18. The van der Waals surface area contributed by atoms with Gasteiger partial charge in [-0.05, 0) is 44.0 Å². The van der Waals surface area contributed by atoms with E-state index in [1.165, 1.54) is 12.0 Å². The van der Waals surface area contributed by atoms with E-state index in [1.54, 1.807) is 0 Å². The Kier molecular flexibility index (Phi) is 5.01. The summed E-state index contributed by atoms with van der Waals surface area (Å²) in [6, 6.07) is 10.9. The predicted molar refractivity (Wildman–Crippen MR) is 90.6 cm³/mol. The number of likely N-dealkylation sites (tertiary alicyclic amines) is 1. The molecule has 1 saturated heterocycles. The molecule has 1 atom stereocenters. The first-order valence-electron chi connectivity index (χ1n) is 8.59. The Morgan fingerprint density at radius 3 is 2.74 bits per heavy atom. The van der Waals surface area contributed by atoms with Crippen molar-refractivity contribution in [2.75, 3.05) is 13.2 Å². The molecule has 1 aliphatic rings. The van der Waals surface area contributed by atoms with E-state index in [0.717, 1.165) is 36.7 Å². The minimum absolute atomic E-state index is 0.373. The van der Waals surface area contributed by atoms with Crippen LogP contribution in [0.5, 0.6) is 5.75 Å². The number of rotatable bonds is 6. The Balaban J connectivity index is 1.68. The highest BCUT2D eigenvalue weighted by molar-refractivity contribution is 5.27. The van der Waals surface area contributed by atoms with Gasteiger partial charge in [0.1, 0.15) is 17.2 Å². The standard InChI is InChI=1S/C19H26N2O2/c1-4-22-16-9-7-15(8-10-16)13-21-11-5-6-18(21)17-12-19(14(2)3)23-20-17/h7-10,12,14,18H,4-6,11,13H2,1-3H3. The quantitative estimate of drug-likeness (QED) is 0.785. The van der Waals surface area contributed by atoms with E-state index >= 15 is 0 Å². The highest BCUT2D eigenvalue weighted by Gasteiger charge is 2.28. The Hall–Kier alpha value is -1.81. The van der Waals surface area contributed by atoms with Crippen molar-refractivity contribution >= 4 is 0 Å². The molecule has 0 N–H and O–H groups in total. The van der Waals surface area contributed by atoms with Crippen molar-refractivity contribution in [3.05, 3.63) is 47.3 Å². The lowest BCUT2D eigenvalue weighted by Gasteiger charge is -2.22. The summed E-state index contributed by atoms with van der Waals surface area (Å²) in [5.41, 5.74) is 2.39. The lowest BCUT2D eigenvalue weighted by molar-refractivity contribution is 0.236. The molecule has 3 rings (SSSR count). The largest absolute Gasteiger partial charge is 0.494 e. The van der Waals surface area contributed by atoms with Gasteiger partial charge < -0.3 is 9.26 Å². The Bertz CT molecular complexity index is 619. The molecule has 0 radical (unpaired) electrons. The van der Waals surface area contributed by atoms with Crippen LogP contribution in [0.3, 0.4) is 0 Å². The maximum absolute atomic E-state index is 5.51. The van der Waals surface area contributed by atoms with Gasteiger partial charge in [-0.25, -0.2) is 0 Å². The van der Waals surface area contributed by atoms with Crippen molar-refractivity contribution in [2.24, 2.45) is 0 Å². The van der Waals surface area contributed by atoms with Crippen LogP contribution in [-0.4, -0.2) is 23.2 Å². The van der Waals surface area contributed by atoms with Crippen LogP contribution in [0.2, 0.25) is 0 Å². The van der Waals surface area contributed by atoms with Gasteiger partial charge in [0, 0.05) is 18.5 Å². The van der Waals surface area contributed by atoms with E-state index in [1.807, 2.05) is 6.92 Å². The highest BCUT2D eigenvalue weighted by atomic mass is 16.5. The fourth-order valence-corrected chi connectivity index (χ4v) is 3.18. The summed E-state index contributed by atoms with van der Waals surface area (Å²) in [7, 11) is 0. The fourth-order valence-electron chi connectivity index (χ4n) is 3.18. The summed E-state index contributed by atoms with van der Waals surface area (Å²) in [6.07, 6.45) is 2.37. The number of aromatic nitrogens is 1. The molecule has 4 heteroatoms. The van der Waals surface area contributed by atoms with Gasteiger partial charge >= 0.3 is 0 Å². The molecule has 2 aromatic rings. The monoisotopic (exact) mass is 314 g/mol. The average molecular weight is 314 g/mol. The van der Waals surface area contributed by atoms with E-state index in [-0.39, 0.29) is 0 Å². The van der Waals surface area contributed by atoms with Crippen molar-refractivity contribution < 1.29 is 9.26 Å². The normalized spacial score (nSPS) is 18.7. The lowest BCUT2D eigenvalue weighted by atomic mass is 10.1. The van der Waals surface area contributed by atoms with Crippen LogP contribution in [0.4, 0.5) is 0 Å². The van der Waals surface area contributed by atoms with E-state index in [2.05, 4.69) is 54.2 Å². The fraction of sp³-hybridized carbons (Fsp3) is 0.526. The van der Waals surface area contributed by atoms with Crippen LogP contribution in [0.1, 0.15) is 62.6 Å². The molecule has 124 valence electrons. The zero-order valence-electron chi connectivity index (χ0n) is 14.3. The van der Waals surface area contributed by atoms with Crippen LogP contribution in [0, 0.1) is 0 Å². The Labute approximate surface area is 138 Å². The molecule has 0 spiro atoms. The topological polar surface area (TPSA) is 38.5 Å². The highest BCUT2D eigenvalue weighted by Crippen LogP contribution is 2.33. The van der Waals surface area contributed by atoms with Crippen molar-refractivity contribution in [1.29, 1.82) is 0 Å². The summed E-state index contributed by atoms with van der Waals surface area (Å²) < 4.78 is 11.0. The summed E-state index contributed by atoms with van der Waals surface area (Å²) in [6.45, 7) is 9.04. The SMILES string of the molecule is CCOc1ccc(CN2CCCC2c2cc(C(C)C)on2)cc1. The first kappa shape index (κ1) is 16.1. The van der Waals surface area contributed by atoms with Crippen LogP contribution >= 0.6 is 0 Å². The van der Waals surface area contributed by atoms with Gasteiger partial charge in [0.05, 0.1) is 12.6 Å². The molecular weight excluding hydrogens is 288 g/mol. The van der Waals surface area contributed by atoms with E-state index < -0.39 is 0 Å². The van der Waals surface area contributed by atoms with Crippen LogP contribution in [-0.2, 0) is 6.54 Å². The zero-order chi connectivity index (χ0) is 16.2. The molecule has 4 nitrogen and oxygen atoms in total. The molecule has 1 fully saturated rings. The number of hydrogen-bond acceptors (Lipinski definition) is 4. The van der Waals surface area contributed by atoms with Gasteiger partial charge in [0.25, 0.3) is 0 Å². The maximum atomic E-state index is 5.51. The molecule has 0 saturated carbocycles. The second-order valence-electron chi connectivity index (χ2n) is 6.51. The third kappa shape index (κ3) is 3.75. The third-order valence-corrected chi connectivity index (χ3v) is 4.44. The Morgan fingerprint density at radius 1 is 1.30 bits per heavy atom. The smallest absolute Gasteiger partial charge is 0.139 e. The maximum Gasteiger partial charge on any atom is 0.139 e. The first-order chi connectivity index (χ1) is 11.2. The van der Waals surface area contributed by atoms with Gasteiger partial charge in [0.2, 0.25) is 0 Å². The number of benzene rings is 1. The second kappa shape index (κ2) is 7.18. The molecule has 1 unspecified atom stereocenters.